The Morgan fingerprint density at radius 1 is 1.06 bits per heavy atom. The van der Waals surface area contributed by atoms with Crippen LogP contribution in [0.25, 0.3) is 0 Å². The number of nitrogens with zero attached hydrogens (tertiary/aromatic N) is 1. The average Bonchev–Trinajstić information content (AvgIpc) is 2.78. The smallest absolute Gasteiger partial charge is 0.334 e. The van der Waals surface area contributed by atoms with E-state index in [-0.39, 0.29) is 24.7 Å². The van der Waals surface area contributed by atoms with Crippen LogP contribution in [0.1, 0.15) is 64.7 Å². The largest absolute Gasteiger partial charge is 0.458 e. The monoisotopic (exact) mass is 434 g/mol. The fourth-order valence-corrected chi connectivity index (χ4v) is 6.38. The normalized spacial score (nSPS) is 37.4. The molecule has 2 saturated carbocycles. The number of carbonyl (C=O) groups is 2. The number of esters is 1. The highest BCUT2D eigenvalue weighted by Crippen LogP contribution is 2.40. The lowest BCUT2D eigenvalue weighted by atomic mass is 9.72. The van der Waals surface area contributed by atoms with Crippen LogP contribution >= 0.6 is 0 Å². The Morgan fingerprint density at radius 3 is 2.48 bits per heavy atom. The quantitative estimate of drug-likeness (QED) is 0.581. The van der Waals surface area contributed by atoms with E-state index >= 15 is 0 Å². The lowest BCUT2D eigenvalue weighted by Crippen LogP contribution is -2.47. The van der Waals surface area contributed by atoms with E-state index in [1.807, 2.05) is 11.8 Å². The van der Waals surface area contributed by atoms with E-state index in [1.54, 1.807) is 0 Å². The van der Waals surface area contributed by atoms with Crippen molar-refractivity contribution in [2.45, 2.75) is 83.0 Å². The van der Waals surface area contributed by atoms with Crippen LogP contribution in [0.4, 0.5) is 0 Å². The Labute approximate surface area is 185 Å². The number of likely N-dealkylation sites (tertiary alicyclic amines) is 1. The molecular weight excluding hydrogens is 396 g/mol. The lowest BCUT2D eigenvalue weighted by Gasteiger charge is -2.41. The molecule has 0 spiro atoms. The summed E-state index contributed by atoms with van der Waals surface area (Å²) in [5, 5.41) is 19.9. The summed E-state index contributed by atoms with van der Waals surface area (Å²) in [6.07, 6.45) is 5.70. The van der Waals surface area contributed by atoms with Crippen LogP contribution in [0, 0.1) is 23.7 Å². The topological polar surface area (TPSA) is 113 Å². The zero-order valence-electron chi connectivity index (χ0n) is 18.7. The van der Waals surface area contributed by atoms with E-state index in [4.69, 9.17) is 10.5 Å². The van der Waals surface area contributed by atoms with Crippen molar-refractivity contribution in [2.75, 3.05) is 19.6 Å². The maximum atomic E-state index is 13.0. The zero-order valence-corrected chi connectivity index (χ0v) is 18.7. The molecule has 0 radical (unpaired) electrons. The first-order chi connectivity index (χ1) is 14.9. The SMILES string of the molecule is CC1=C(CC(=O)N2CCC(C3CCCC(CN)C3)CC2)C(=O)OC2CC(O)C(O)CC12. The maximum absolute atomic E-state index is 13.0. The average molecular weight is 435 g/mol. The molecule has 2 aliphatic heterocycles. The Hall–Kier alpha value is -1.44. The number of fused-ring (bicyclic) bond motifs is 1. The number of piperidine rings is 1. The first-order valence-corrected chi connectivity index (χ1v) is 12.1. The molecule has 4 N–H and O–H groups in total. The molecule has 6 atom stereocenters. The van der Waals surface area contributed by atoms with Gasteiger partial charge in [0, 0.05) is 31.0 Å². The summed E-state index contributed by atoms with van der Waals surface area (Å²) in [6.45, 7) is 4.17. The van der Waals surface area contributed by atoms with Gasteiger partial charge in [0.05, 0.1) is 18.6 Å². The van der Waals surface area contributed by atoms with Gasteiger partial charge in [-0.15, -0.1) is 0 Å². The van der Waals surface area contributed by atoms with Crippen molar-refractivity contribution in [1.82, 2.24) is 4.90 Å². The van der Waals surface area contributed by atoms with E-state index in [9.17, 15) is 19.8 Å². The number of hydrogen-bond acceptors (Lipinski definition) is 6. The van der Waals surface area contributed by atoms with Gasteiger partial charge in [-0.2, -0.15) is 0 Å². The molecule has 6 unspecified atom stereocenters. The van der Waals surface area contributed by atoms with Crippen LogP contribution in [0.5, 0.6) is 0 Å². The van der Waals surface area contributed by atoms with Gasteiger partial charge in [-0.05, 0) is 63.3 Å². The first-order valence-electron chi connectivity index (χ1n) is 12.1. The summed E-state index contributed by atoms with van der Waals surface area (Å²) in [4.78, 5) is 27.5. The summed E-state index contributed by atoms with van der Waals surface area (Å²) in [7, 11) is 0. The molecule has 0 bridgehead atoms. The van der Waals surface area contributed by atoms with E-state index in [1.165, 1.54) is 25.7 Å². The van der Waals surface area contributed by atoms with Crippen LogP contribution < -0.4 is 5.73 Å². The minimum absolute atomic E-state index is 0.0110. The molecule has 174 valence electrons. The minimum atomic E-state index is -0.865. The molecular formula is C24H38N2O5. The molecule has 4 rings (SSSR count). The molecule has 0 aromatic rings. The highest BCUT2D eigenvalue weighted by Gasteiger charge is 2.43. The van der Waals surface area contributed by atoms with Crippen LogP contribution in [-0.4, -0.2) is 64.9 Å². The first kappa shape index (κ1) is 22.7. The number of rotatable bonds is 4. The fraction of sp³-hybridized carbons (Fsp3) is 0.833. The van der Waals surface area contributed by atoms with Gasteiger partial charge in [-0.3, -0.25) is 4.79 Å². The van der Waals surface area contributed by atoms with Crippen LogP contribution in [0.3, 0.4) is 0 Å². The zero-order chi connectivity index (χ0) is 22.1. The summed E-state index contributed by atoms with van der Waals surface area (Å²) >= 11 is 0. The Kier molecular flexibility index (Phi) is 7.04. The van der Waals surface area contributed by atoms with Crippen molar-refractivity contribution >= 4 is 11.9 Å². The molecule has 4 aliphatic rings. The number of ether oxygens (including phenoxy) is 1. The van der Waals surface area contributed by atoms with Gasteiger partial charge < -0.3 is 25.6 Å². The predicted molar refractivity (Wildman–Crippen MR) is 116 cm³/mol. The molecule has 7 nitrogen and oxygen atoms in total. The molecule has 2 aliphatic carbocycles. The van der Waals surface area contributed by atoms with Gasteiger partial charge in [-0.1, -0.05) is 18.4 Å². The number of carbonyl (C=O) groups excluding carboxylic acids is 2. The third-order valence-electron chi connectivity index (χ3n) is 8.44. The van der Waals surface area contributed by atoms with Crippen molar-refractivity contribution in [1.29, 1.82) is 0 Å². The Morgan fingerprint density at radius 2 is 1.77 bits per heavy atom. The number of amides is 1. The minimum Gasteiger partial charge on any atom is -0.458 e. The molecule has 7 heteroatoms. The van der Waals surface area contributed by atoms with E-state index < -0.39 is 24.3 Å². The van der Waals surface area contributed by atoms with Gasteiger partial charge >= 0.3 is 5.97 Å². The number of aliphatic hydroxyl groups excluding tert-OH is 2. The summed E-state index contributed by atoms with van der Waals surface area (Å²) < 4.78 is 5.55. The van der Waals surface area contributed by atoms with Gasteiger partial charge in [0.25, 0.3) is 0 Å². The fourth-order valence-electron chi connectivity index (χ4n) is 6.38. The van der Waals surface area contributed by atoms with Crippen LogP contribution in [-0.2, 0) is 14.3 Å². The highest BCUT2D eigenvalue weighted by atomic mass is 16.5. The molecule has 1 amide bonds. The molecule has 1 saturated heterocycles. The Bertz CT molecular complexity index is 715. The number of aliphatic hydroxyl groups is 2. The standard InChI is InChI=1S/C24H38N2O5/c1-14-18-10-20(27)21(28)12-22(18)31-24(30)19(14)11-23(29)26-7-5-16(6-8-26)17-4-2-3-15(9-17)13-25/h15-18,20-22,27-28H,2-13,25H2,1H3. The lowest BCUT2D eigenvalue weighted by molar-refractivity contribution is -0.159. The highest BCUT2D eigenvalue weighted by molar-refractivity contribution is 5.96. The molecule has 0 aromatic carbocycles. The third-order valence-corrected chi connectivity index (χ3v) is 8.44. The predicted octanol–water partition coefficient (Wildman–Crippen LogP) is 1.75. The summed E-state index contributed by atoms with van der Waals surface area (Å²) in [5.74, 6) is 1.50. The molecule has 0 aromatic heterocycles. The van der Waals surface area contributed by atoms with Gasteiger partial charge in [0.15, 0.2) is 0 Å². The van der Waals surface area contributed by atoms with E-state index in [0.717, 1.165) is 44.0 Å². The number of hydrogen-bond donors (Lipinski definition) is 3. The van der Waals surface area contributed by atoms with Crippen LogP contribution in [0.15, 0.2) is 11.1 Å². The van der Waals surface area contributed by atoms with Crippen molar-refractivity contribution in [3.05, 3.63) is 11.1 Å². The number of nitrogens with two attached hydrogens (primary N) is 1. The van der Waals surface area contributed by atoms with Crippen LogP contribution in [0.2, 0.25) is 0 Å². The van der Waals surface area contributed by atoms with Gasteiger partial charge in [-0.25, -0.2) is 4.79 Å². The van der Waals surface area contributed by atoms with Gasteiger partial charge in [0.1, 0.15) is 6.10 Å². The second-order valence-corrected chi connectivity index (χ2v) is 10.2. The Balaban J connectivity index is 1.34. The second-order valence-electron chi connectivity index (χ2n) is 10.2. The van der Waals surface area contributed by atoms with Crippen molar-refractivity contribution in [3.8, 4) is 0 Å². The van der Waals surface area contributed by atoms with Crippen molar-refractivity contribution in [2.24, 2.45) is 29.4 Å². The van der Waals surface area contributed by atoms with Gasteiger partial charge in [0.2, 0.25) is 5.91 Å². The molecule has 2 heterocycles. The summed E-state index contributed by atoms with van der Waals surface area (Å²) in [5.41, 5.74) is 7.18. The second kappa shape index (κ2) is 9.59. The van der Waals surface area contributed by atoms with Crippen molar-refractivity contribution < 1.29 is 24.5 Å². The van der Waals surface area contributed by atoms with E-state index in [2.05, 4.69) is 0 Å². The maximum Gasteiger partial charge on any atom is 0.334 e. The van der Waals surface area contributed by atoms with Crippen molar-refractivity contribution in [3.63, 3.8) is 0 Å². The third kappa shape index (κ3) is 4.83. The molecule has 31 heavy (non-hydrogen) atoms. The van der Waals surface area contributed by atoms with E-state index in [0.29, 0.717) is 23.8 Å². The summed E-state index contributed by atoms with van der Waals surface area (Å²) in [6, 6.07) is 0. The molecule has 3 fully saturated rings.